The summed E-state index contributed by atoms with van der Waals surface area (Å²) in [5.74, 6) is 0. The Morgan fingerprint density at radius 2 is 2.22 bits per heavy atom. The minimum atomic E-state index is -0.800. The molecule has 2 unspecified atom stereocenters. The third-order valence-electron chi connectivity index (χ3n) is 3.59. The van der Waals surface area contributed by atoms with Gasteiger partial charge in [-0.25, -0.2) is 4.79 Å². The molecule has 2 rings (SSSR count). The molecule has 98 valence electrons. The molecule has 1 aromatic carbocycles. The number of likely N-dealkylation sites (tertiary alicyclic amines) is 1. The summed E-state index contributed by atoms with van der Waals surface area (Å²) in [4.78, 5) is 12.6. The molecule has 18 heavy (non-hydrogen) atoms. The van der Waals surface area contributed by atoms with E-state index < -0.39 is 6.09 Å². The summed E-state index contributed by atoms with van der Waals surface area (Å²) in [6, 6.07) is 10.5. The molecule has 0 aliphatic carbocycles. The number of hydrogen-bond acceptors (Lipinski definition) is 2. The van der Waals surface area contributed by atoms with E-state index >= 15 is 0 Å². The lowest BCUT2D eigenvalue weighted by atomic mass is 10.1. The molecule has 1 aliphatic rings. The molecule has 1 saturated heterocycles. The van der Waals surface area contributed by atoms with E-state index in [0.29, 0.717) is 6.54 Å². The summed E-state index contributed by atoms with van der Waals surface area (Å²) in [6.45, 7) is 3.51. The van der Waals surface area contributed by atoms with Gasteiger partial charge in [0.15, 0.2) is 0 Å². The van der Waals surface area contributed by atoms with Crippen LogP contribution in [0, 0.1) is 0 Å². The molecule has 0 bridgehead atoms. The van der Waals surface area contributed by atoms with E-state index in [1.807, 2.05) is 18.2 Å². The number of benzene rings is 1. The van der Waals surface area contributed by atoms with Crippen molar-refractivity contribution >= 4 is 6.09 Å². The highest BCUT2D eigenvalue weighted by Gasteiger charge is 2.32. The van der Waals surface area contributed by atoms with Gasteiger partial charge in [0.1, 0.15) is 0 Å². The first-order valence-corrected chi connectivity index (χ1v) is 6.45. The molecule has 1 fully saturated rings. The van der Waals surface area contributed by atoms with Gasteiger partial charge in [-0.1, -0.05) is 30.3 Å². The maximum atomic E-state index is 11.1. The van der Waals surface area contributed by atoms with Gasteiger partial charge >= 0.3 is 6.09 Å². The van der Waals surface area contributed by atoms with Crippen LogP contribution in [0.4, 0.5) is 4.79 Å². The quantitative estimate of drug-likeness (QED) is 0.859. The Hall–Kier alpha value is -1.55. The van der Waals surface area contributed by atoms with Crippen molar-refractivity contribution in [3.8, 4) is 0 Å². The van der Waals surface area contributed by atoms with E-state index in [-0.39, 0.29) is 12.1 Å². The van der Waals surface area contributed by atoms with Crippen molar-refractivity contribution in [3.05, 3.63) is 35.9 Å². The van der Waals surface area contributed by atoms with Gasteiger partial charge in [-0.15, -0.1) is 0 Å². The van der Waals surface area contributed by atoms with E-state index in [1.54, 1.807) is 4.90 Å². The van der Waals surface area contributed by atoms with Crippen LogP contribution < -0.4 is 5.32 Å². The number of carboxylic acid groups (broad SMARTS) is 1. The second-order valence-corrected chi connectivity index (χ2v) is 4.84. The molecule has 1 amide bonds. The monoisotopic (exact) mass is 248 g/mol. The average molecular weight is 248 g/mol. The summed E-state index contributed by atoms with van der Waals surface area (Å²) < 4.78 is 0. The predicted octanol–water partition coefficient (Wildman–Crippen LogP) is 2.31. The highest BCUT2D eigenvalue weighted by Crippen LogP contribution is 2.20. The maximum Gasteiger partial charge on any atom is 0.407 e. The van der Waals surface area contributed by atoms with E-state index in [4.69, 9.17) is 5.11 Å². The SMILES string of the molecule is CC(NCc1ccccc1)C1CCCN1C(=O)O. The summed E-state index contributed by atoms with van der Waals surface area (Å²) in [5.41, 5.74) is 1.23. The Morgan fingerprint density at radius 1 is 1.50 bits per heavy atom. The first-order chi connectivity index (χ1) is 8.68. The number of nitrogens with one attached hydrogen (secondary N) is 1. The Kier molecular flexibility index (Phi) is 4.20. The van der Waals surface area contributed by atoms with E-state index in [2.05, 4.69) is 24.4 Å². The lowest BCUT2D eigenvalue weighted by Gasteiger charge is -2.28. The van der Waals surface area contributed by atoms with Crippen LogP contribution in [0.1, 0.15) is 25.3 Å². The van der Waals surface area contributed by atoms with Gasteiger partial charge in [0, 0.05) is 19.1 Å². The fourth-order valence-corrected chi connectivity index (χ4v) is 2.56. The topological polar surface area (TPSA) is 52.6 Å². The maximum absolute atomic E-state index is 11.1. The Labute approximate surface area is 108 Å². The largest absolute Gasteiger partial charge is 0.465 e. The van der Waals surface area contributed by atoms with Gasteiger partial charge < -0.3 is 15.3 Å². The molecule has 0 radical (unpaired) electrons. The van der Waals surface area contributed by atoms with Crippen molar-refractivity contribution in [2.45, 2.75) is 38.4 Å². The number of rotatable bonds is 4. The van der Waals surface area contributed by atoms with Crippen molar-refractivity contribution in [3.63, 3.8) is 0 Å². The zero-order valence-corrected chi connectivity index (χ0v) is 10.7. The van der Waals surface area contributed by atoms with Crippen LogP contribution in [-0.2, 0) is 6.54 Å². The number of carbonyl (C=O) groups is 1. The van der Waals surface area contributed by atoms with Gasteiger partial charge in [0.25, 0.3) is 0 Å². The minimum Gasteiger partial charge on any atom is -0.465 e. The molecule has 1 aliphatic heterocycles. The lowest BCUT2D eigenvalue weighted by Crippen LogP contribution is -2.46. The first-order valence-electron chi connectivity index (χ1n) is 6.45. The third kappa shape index (κ3) is 3.01. The highest BCUT2D eigenvalue weighted by atomic mass is 16.4. The van der Waals surface area contributed by atoms with Gasteiger partial charge in [-0.05, 0) is 25.3 Å². The molecule has 2 N–H and O–H groups in total. The predicted molar refractivity (Wildman–Crippen MR) is 70.5 cm³/mol. The zero-order chi connectivity index (χ0) is 13.0. The van der Waals surface area contributed by atoms with Crippen LogP contribution in [0.15, 0.2) is 30.3 Å². The molecule has 1 heterocycles. The highest BCUT2D eigenvalue weighted by molar-refractivity contribution is 5.65. The summed E-state index contributed by atoms with van der Waals surface area (Å²) in [5, 5.41) is 12.5. The Balaban J connectivity index is 1.88. The molecule has 0 spiro atoms. The number of amides is 1. The van der Waals surface area contributed by atoms with Crippen LogP contribution in [0.5, 0.6) is 0 Å². The molecule has 2 atom stereocenters. The number of hydrogen-bond donors (Lipinski definition) is 2. The van der Waals surface area contributed by atoms with Gasteiger partial charge in [0.2, 0.25) is 0 Å². The first kappa shape index (κ1) is 12.9. The smallest absolute Gasteiger partial charge is 0.407 e. The molecule has 0 saturated carbocycles. The summed E-state index contributed by atoms with van der Waals surface area (Å²) in [6.07, 6.45) is 1.12. The molecule has 1 aromatic rings. The van der Waals surface area contributed by atoms with Crippen molar-refractivity contribution in [2.24, 2.45) is 0 Å². The summed E-state index contributed by atoms with van der Waals surface area (Å²) in [7, 11) is 0. The van der Waals surface area contributed by atoms with Crippen molar-refractivity contribution in [1.82, 2.24) is 10.2 Å². The van der Waals surface area contributed by atoms with Crippen molar-refractivity contribution in [2.75, 3.05) is 6.54 Å². The fraction of sp³-hybridized carbons (Fsp3) is 0.500. The number of nitrogens with zero attached hydrogens (tertiary/aromatic N) is 1. The Morgan fingerprint density at radius 3 is 2.89 bits per heavy atom. The molecule has 4 nitrogen and oxygen atoms in total. The van der Waals surface area contributed by atoms with Crippen LogP contribution in [0.3, 0.4) is 0 Å². The van der Waals surface area contributed by atoms with Crippen molar-refractivity contribution in [1.29, 1.82) is 0 Å². The van der Waals surface area contributed by atoms with E-state index in [9.17, 15) is 4.79 Å². The standard InChI is InChI=1S/C14H20N2O2/c1-11(13-8-5-9-16(13)14(17)18)15-10-12-6-3-2-4-7-12/h2-4,6-7,11,13,15H,5,8-10H2,1H3,(H,17,18). The van der Waals surface area contributed by atoms with Gasteiger partial charge in [-0.2, -0.15) is 0 Å². The van der Waals surface area contributed by atoms with E-state index in [0.717, 1.165) is 19.4 Å². The van der Waals surface area contributed by atoms with Crippen LogP contribution in [0.2, 0.25) is 0 Å². The third-order valence-corrected chi connectivity index (χ3v) is 3.59. The fourth-order valence-electron chi connectivity index (χ4n) is 2.56. The normalized spacial score (nSPS) is 20.9. The molecular weight excluding hydrogens is 228 g/mol. The van der Waals surface area contributed by atoms with Gasteiger partial charge in [-0.3, -0.25) is 0 Å². The minimum absolute atomic E-state index is 0.103. The Bertz CT molecular complexity index is 394. The zero-order valence-electron chi connectivity index (χ0n) is 10.7. The molecule has 4 heteroatoms. The van der Waals surface area contributed by atoms with Crippen LogP contribution in [0.25, 0.3) is 0 Å². The van der Waals surface area contributed by atoms with Gasteiger partial charge in [0.05, 0.1) is 6.04 Å². The molecule has 0 aromatic heterocycles. The summed E-state index contributed by atoms with van der Waals surface area (Å²) >= 11 is 0. The lowest BCUT2D eigenvalue weighted by molar-refractivity contribution is 0.131. The average Bonchev–Trinajstić information content (AvgIpc) is 2.86. The van der Waals surface area contributed by atoms with Crippen LogP contribution >= 0.6 is 0 Å². The van der Waals surface area contributed by atoms with E-state index in [1.165, 1.54) is 5.56 Å². The second kappa shape index (κ2) is 5.87. The van der Waals surface area contributed by atoms with Crippen molar-refractivity contribution < 1.29 is 9.90 Å². The molecular formula is C14H20N2O2. The van der Waals surface area contributed by atoms with Crippen LogP contribution in [-0.4, -0.2) is 34.7 Å². The second-order valence-electron chi connectivity index (χ2n) is 4.84.